The number of likely N-dealkylation sites (N-methyl/N-ethyl adjacent to an activating group) is 1. The minimum absolute atomic E-state index is 0.187. The van der Waals surface area contributed by atoms with Crippen molar-refractivity contribution >= 4 is 0 Å². The highest BCUT2D eigenvalue weighted by atomic mass is 15.5. The van der Waals surface area contributed by atoms with Gasteiger partial charge in [0.05, 0.1) is 0 Å². The summed E-state index contributed by atoms with van der Waals surface area (Å²) >= 11 is 0. The molecule has 0 unspecified atom stereocenters. The molecule has 4 heteroatoms. The van der Waals surface area contributed by atoms with Crippen LogP contribution in [0.5, 0.6) is 0 Å². The molecule has 1 aliphatic heterocycles. The first kappa shape index (κ1) is 13.3. The Morgan fingerprint density at radius 1 is 1.00 bits per heavy atom. The van der Waals surface area contributed by atoms with Crippen LogP contribution in [0.25, 0.3) is 0 Å². The van der Waals surface area contributed by atoms with E-state index in [0.29, 0.717) is 0 Å². The van der Waals surface area contributed by atoms with Crippen LogP contribution >= 0.6 is 0 Å². The van der Waals surface area contributed by atoms with Gasteiger partial charge in [-0.1, -0.05) is 25.7 Å². The zero-order chi connectivity index (χ0) is 12.1. The lowest BCUT2D eigenvalue weighted by atomic mass is 9.91. The van der Waals surface area contributed by atoms with E-state index in [9.17, 15) is 0 Å². The third kappa shape index (κ3) is 3.65. The Bertz CT molecular complexity index is 215. The minimum atomic E-state index is 0.187. The summed E-state index contributed by atoms with van der Waals surface area (Å²) in [5, 5.41) is 2.40. The van der Waals surface area contributed by atoms with E-state index in [0.717, 1.165) is 32.7 Å². The molecule has 0 aromatic carbocycles. The van der Waals surface area contributed by atoms with Crippen molar-refractivity contribution in [2.75, 3.05) is 39.8 Å². The predicted octanol–water partition coefficient (Wildman–Crippen LogP) is 0.790. The molecule has 1 heterocycles. The highest BCUT2D eigenvalue weighted by molar-refractivity contribution is 4.90. The molecule has 3 N–H and O–H groups in total. The lowest BCUT2D eigenvalue weighted by Gasteiger charge is -2.41. The second kappa shape index (κ2) is 6.14. The van der Waals surface area contributed by atoms with Gasteiger partial charge in [0.15, 0.2) is 0 Å². The van der Waals surface area contributed by atoms with E-state index < -0.39 is 0 Å². The predicted molar refractivity (Wildman–Crippen MR) is 71.7 cm³/mol. The van der Waals surface area contributed by atoms with E-state index in [1.165, 1.54) is 38.5 Å². The molecule has 0 atom stereocenters. The Hall–Kier alpha value is -0.160. The van der Waals surface area contributed by atoms with Gasteiger partial charge in [0.1, 0.15) is 0 Å². The van der Waals surface area contributed by atoms with Gasteiger partial charge in [-0.05, 0) is 19.9 Å². The van der Waals surface area contributed by atoms with Crippen LogP contribution in [0.4, 0.5) is 0 Å². The van der Waals surface area contributed by atoms with Crippen LogP contribution in [0.2, 0.25) is 0 Å². The summed E-state index contributed by atoms with van der Waals surface area (Å²) < 4.78 is 0. The van der Waals surface area contributed by atoms with E-state index in [4.69, 9.17) is 5.73 Å². The second-order valence-corrected chi connectivity index (χ2v) is 5.80. The van der Waals surface area contributed by atoms with Gasteiger partial charge in [-0.15, -0.1) is 0 Å². The Balaban J connectivity index is 1.89. The molecular formula is C13H28N4. The highest BCUT2D eigenvalue weighted by Gasteiger charge is 2.31. The molecule has 0 radical (unpaired) electrons. The number of rotatable bonds is 3. The van der Waals surface area contributed by atoms with Crippen LogP contribution in [-0.2, 0) is 0 Å². The fourth-order valence-corrected chi connectivity index (χ4v) is 3.02. The quantitative estimate of drug-likeness (QED) is 0.716. The SMILES string of the molecule is CN1CCN(NC2(CN)CCCCCC2)CC1. The fraction of sp³-hybridized carbons (Fsp3) is 1.00. The van der Waals surface area contributed by atoms with Gasteiger partial charge in [0.25, 0.3) is 0 Å². The van der Waals surface area contributed by atoms with Crippen LogP contribution in [0.15, 0.2) is 0 Å². The number of nitrogens with one attached hydrogen (secondary N) is 1. The van der Waals surface area contributed by atoms with Crippen molar-refractivity contribution in [2.24, 2.45) is 5.73 Å². The van der Waals surface area contributed by atoms with Crippen LogP contribution in [0.3, 0.4) is 0 Å². The van der Waals surface area contributed by atoms with Gasteiger partial charge in [0.2, 0.25) is 0 Å². The van der Waals surface area contributed by atoms with Crippen molar-refractivity contribution in [3.63, 3.8) is 0 Å². The van der Waals surface area contributed by atoms with Gasteiger partial charge in [-0.25, -0.2) is 10.4 Å². The maximum Gasteiger partial charge on any atom is 0.0448 e. The molecule has 2 fully saturated rings. The van der Waals surface area contributed by atoms with Crippen LogP contribution < -0.4 is 11.2 Å². The van der Waals surface area contributed by atoms with Crippen molar-refractivity contribution in [2.45, 2.75) is 44.1 Å². The molecule has 0 bridgehead atoms. The average molecular weight is 240 g/mol. The number of hydrazine groups is 1. The van der Waals surface area contributed by atoms with Crippen molar-refractivity contribution < 1.29 is 0 Å². The second-order valence-electron chi connectivity index (χ2n) is 5.80. The third-order valence-electron chi connectivity index (χ3n) is 4.35. The van der Waals surface area contributed by atoms with Gasteiger partial charge in [-0.3, -0.25) is 0 Å². The first-order valence-corrected chi connectivity index (χ1v) is 7.15. The summed E-state index contributed by atoms with van der Waals surface area (Å²) in [5.41, 5.74) is 10.0. The lowest BCUT2D eigenvalue weighted by molar-refractivity contribution is 0.0485. The third-order valence-corrected chi connectivity index (χ3v) is 4.35. The van der Waals surface area contributed by atoms with Gasteiger partial charge < -0.3 is 10.6 Å². The van der Waals surface area contributed by atoms with E-state index in [2.05, 4.69) is 22.4 Å². The smallest absolute Gasteiger partial charge is 0.0448 e. The molecule has 0 amide bonds. The Kier molecular flexibility index (Phi) is 4.79. The molecule has 2 rings (SSSR count). The molecule has 1 saturated heterocycles. The van der Waals surface area contributed by atoms with Crippen LogP contribution in [0, 0.1) is 0 Å². The topological polar surface area (TPSA) is 44.5 Å². The molecule has 2 aliphatic rings. The van der Waals surface area contributed by atoms with Crippen molar-refractivity contribution in [1.29, 1.82) is 0 Å². The highest BCUT2D eigenvalue weighted by Crippen LogP contribution is 2.26. The molecule has 4 nitrogen and oxygen atoms in total. The summed E-state index contributed by atoms with van der Waals surface area (Å²) in [6.45, 7) is 5.34. The molecule has 17 heavy (non-hydrogen) atoms. The van der Waals surface area contributed by atoms with E-state index in [1.54, 1.807) is 0 Å². The molecule has 1 aliphatic carbocycles. The summed E-state index contributed by atoms with van der Waals surface area (Å²) in [4.78, 5) is 2.39. The fourth-order valence-electron chi connectivity index (χ4n) is 3.02. The number of hydrogen-bond donors (Lipinski definition) is 2. The number of nitrogens with zero attached hydrogens (tertiary/aromatic N) is 2. The summed E-state index contributed by atoms with van der Waals surface area (Å²) in [5.74, 6) is 0. The zero-order valence-corrected chi connectivity index (χ0v) is 11.2. The van der Waals surface area contributed by atoms with Gasteiger partial charge >= 0.3 is 0 Å². The van der Waals surface area contributed by atoms with E-state index in [1.807, 2.05) is 0 Å². The Labute approximate surface area is 105 Å². The maximum absolute atomic E-state index is 6.05. The molecule has 0 aromatic rings. The Morgan fingerprint density at radius 2 is 1.59 bits per heavy atom. The summed E-state index contributed by atoms with van der Waals surface area (Å²) in [6.07, 6.45) is 7.92. The zero-order valence-electron chi connectivity index (χ0n) is 11.2. The van der Waals surface area contributed by atoms with Crippen LogP contribution in [0.1, 0.15) is 38.5 Å². The molecule has 100 valence electrons. The van der Waals surface area contributed by atoms with Crippen molar-refractivity contribution in [3.8, 4) is 0 Å². The number of hydrogen-bond acceptors (Lipinski definition) is 4. The normalized spacial score (nSPS) is 27.9. The van der Waals surface area contributed by atoms with Crippen molar-refractivity contribution in [3.05, 3.63) is 0 Å². The van der Waals surface area contributed by atoms with E-state index in [-0.39, 0.29) is 5.54 Å². The van der Waals surface area contributed by atoms with E-state index >= 15 is 0 Å². The molecule has 1 saturated carbocycles. The summed E-state index contributed by atoms with van der Waals surface area (Å²) in [7, 11) is 2.20. The minimum Gasteiger partial charge on any atom is -0.329 e. The van der Waals surface area contributed by atoms with Gasteiger partial charge in [0, 0.05) is 38.3 Å². The lowest BCUT2D eigenvalue weighted by Crippen LogP contribution is -2.61. The molecular weight excluding hydrogens is 212 g/mol. The summed E-state index contributed by atoms with van der Waals surface area (Å²) in [6, 6.07) is 0. The van der Waals surface area contributed by atoms with Gasteiger partial charge in [-0.2, -0.15) is 0 Å². The first-order valence-electron chi connectivity index (χ1n) is 7.15. The van der Waals surface area contributed by atoms with Crippen LogP contribution in [-0.4, -0.2) is 55.2 Å². The number of nitrogens with two attached hydrogens (primary N) is 1. The maximum atomic E-state index is 6.05. The van der Waals surface area contributed by atoms with Crippen molar-refractivity contribution in [1.82, 2.24) is 15.3 Å². The average Bonchev–Trinajstić information content (AvgIpc) is 2.58. The largest absolute Gasteiger partial charge is 0.329 e. The Morgan fingerprint density at radius 3 is 2.12 bits per heavy atom. The molecule has 0 spiro atoms. The first-order chi connectivity index (χ1) is 8.24. The molecule has 0 aromatic heterocycles. The standard InChI is InChI=1S/C13H28N4/c1-16-8-10-17(11-9-16)15-13(12-14)6-4-2-3-5-7-13/h15H,2-12,14H2,1H3. The number of piperazine rings is 1. The monoisotopic (exact) mass is 240 g/mol.